The largest absolute Gasteiger partial charge is 0.383 e. The average molecular weight is 335 g/mol. The number of fused-ring (bicyclic) bond motifs is 1. The third-order valence-corrected chi connectivity index (χ3v) is 6.33. The maximum Gasteiger partial charge on any atom is 0.244 e. The maximum atomic E-state index is 13.2. The minimum absolute atomic E-state index is 0.0973. The lowest BCUT2D eigenvalue weighted by molar-refractivity contribution is 0.110. The molecule has 1 fully saturated rings. The van der Waals surface area contributed by atoms with Crippen LogP contribution >= 0.6 is 0 Å². The van der Waals surface area contributed by atoms with Crippen molar-refractivity contribution in [2.75, 3.05) is 27.4 Å². The molecule has 0 aromatic heterocycles. The van der Waals surface area contributed by atoms with Crippen LogP contribution in [-0.2, 0) is 19.5 Å². The first-order chi connectivity index (χ1) is 11.1. The predicted octanol–water partition coefficient (Wildman–Crippen LogP) is 2.26. The van der Waals surface area contributed by atoms with Crippen LogP contribution in [0.2, 0.25) is 0 Å². The first-order valence-electron chi connectivity index (χ1n) is 7.59. The summed E-state index contributed by atoms with van der Waals surface area (Å²) in [6.45, 7) is 0.722. The summed E-state index contributed by atoms with van der Waals surface area (Å²) in [5.74, 6) is 0. The van der Waals surface area contributed by atoms with Crippen molar-refractivity contribution in [1.82, 2.24) is 4.31 Å². The quantitative estimate of drug-likeness (QED) is 0.841. The third kappa shape index (κ3) is 2.99. The van der Waals surface area contributed by atoms with Crippen LogP contribution in [0.15, 0.2) is 47.4 Å². The van der Waals surface area contributed by atoms with Crippen molar-refractivity contribution in [2.45, 2.75) is 23.5 Å². The molecule has 2 atom stereocenters. The topological polar surface area (TPSA) is 55.8 Å². The van der Waals surface area contributed by atoms with Crippen molar-refractivity contribution in [3.05, 3.63) is 42.5 Å². The Morgan fingerprint density at radius 1 is 1.13 bits per heavy atom. The lowest BCUT2D eigenvalue weighted by atomic mass is 10.1. The summed E-state index contributed by atoms with van der Waals surface area (Å²) in [5, 5.41) is 1.66. The molecule has 0 unspecified atom stereocenters. The summed E-state index contributed by atoms with van der Waals surface area (Å²) in [4.78, 5) is 0.341. The molecule has 23 heavy (non-hydrogen) atoms. The highest BCUT2D eigenvalue weighted by Gasteiger charge is 2.40. The molecule has 5 nitrogen and oxygen atoms in total. The van der Waals surface area contributed by atoms with Gasteiger partial charge >= 0.3 is 0 Å². The van der Waals surface area contributed by atoms with E-state index in [4.69, 9.17) is 9.47 Å². The molecule has 1 aliphatic rings. The molecule has 1 aliphatic heterocycles. The summed E-state index contributed by atoms with van der Waals surface area (Å²) in [5.41, 5.74) is 0. The van der Waals surface area contributed by atoms with E-state index in [1.165, 1.54) is 4.31 Å². The Balaban J connectivity index is 2.06. The van der Waals surface area contributed by atoms with E-state index in [0.717, 1.165) is 10.8 Å². The molecular weight excluding hydrogens is 314 g/mol. The van der Waals surface area contributed by atoms with Gasteiger partial charge in [-0.05, 0) is 17.9 Å². The van der Waals surface area contributed by atoms with Gasteiger partial charge in [0.2, 0.25) is 10.0 Å². The highest BCUT2D eigenvalue weighted by Crippen LogP contribution is 2.31. The Morgan fingerprint density at radius 2 is 1.87 bits per heavy atom. The molecule has 1 heterocycles. The fourth-order valence-electron chi connectivity index (χ4n) is 3.20. The van der Waals surface area contributed by atoms with Gasteiger partial charge in [0.1, 0.15) is 0 Å². The minimum Gasteiger partial charge on any atom is -0.383 e. The highest BCUT2D eigenvalue weighted by molar-refractivity contribution is 7.89. The molecule has 0 N–H and O–H groups in total. The predicted molar refractivity (Wildman–Crippen MR) is 88.9 cm³/mol. The van der Waals surface area contributed by atoms with Gasteiger partial charge in [-0.3, -0.25) is 0 Å². The number of methoxy groups -OCH3 is 2. The second-order valence-corrected chi connectivity index (χ2v) is 7.61. The van der Waals surface area contributed by atoms with Crippen LogP contribution in [0.5, 0.6) is 0 Å². The van der Waals surface area contributed by atoms with E-state index in [-0.39, 0.29) is 12.1 Å². The fraction of sp³-hybridized carbons (Fsp3) is 0.412. The molecule has 6 heteroatoms. The Hall–Kier alpha value is -1.47. The van der Waals surface area contributed by atoms with E-state index in [1.807, 2.05) is 30.3 Å². The van der Waals surface area contributed by atoms with Crippen molar-refractivity contribution in [3.8, 4) is 0 Å². The maximum absolute atomic E-state index is 13.2. The molecule has 124 valence electrons. The van der Waals surface area contributed by atoms with Gasteiger partial charge in [0, 0.05) is 26.2 Å². The van der Waals surface area contributed by atoms with Gasteiger partial charge in [-0.2, -0.15) is 4.31 Å². The van der Waals surface area contributed by atoms with E-state index in [9.17, 15) is 8.42 Å². The Labute approximate surface area is 136 Å². The fourth-order valence-corrected chi connectivity index (χ4v) is 5.07. The van der Waals surface area contributed by atoms with Crippen LogP contribution in [-0.4, -0.2) is 52.2 Å². The van der Waals surface area contributed by atoms with Crippen LogP contribution < -0.4 is 0 Å². The number of hydrogen-bond acceptors (Lipinski definition) is 4. The van der Waals surface area contributed by atoms with E-state index in [2.05, 4.69) is 0 Å². The number of rotatable bonds is 5. The van der Waals surface area contributed by atoms with Crippen LogP contribution in [0.1, 0.15) is 6.42 Å². The molecule has 0 radical (unpaired) electrons. The normalized spacial score (nSPS) is 22.7. The van der Waals surface area contributed by atoms with E-state index < -0.39 is 10.0 Å². The van der Waals surface area contributed by atoms with Crippen LogP contribution in [0.3, 0.4) is 0 Å². The molecule has 2 aromatic rings. The molecule has 0 aliphatic carbocycles. The average Bonchev–Trinajstić information content (AvgIpc) is 2.98. The first-order valence-corrected chi connectivity index (χ1v) is 9.03. The number of nitrogens with zero attached hydrogens (tertiary/aromatic N) is 1. The van der Waals surface area contributed by atoms with Crippen LogP contribution in [0.4, 0.5) is 0 Å². The van der Waals surface area contributed by atoms with Crippen molar-refractivity contribution < 1.29 is 17.9 Å². The second-order valence-electron chi connectivity index (χ2n) is 5.75. The molecule has 0 saturated carbocycles. The first kappa shape index (κ1) is 16.4. The zero-order chi connectivity index (χ0) is 16.4. The summed E-state index contributed by atoms with van der Waals surface area (Å²) in [7, 11) is -0.407. The van der Waals surface area contributed by atoms with Gasteiger partial charge in [0.25, 0.3) is 0 Å². The molecular formula is C17H21NO4S. The van der Waals surface area contributed by atoms with Crippen LogP contribution in [0, 0.1) is 0 Å². The van der Waals surface area contributed by atoms with Gasteiger partial charge in [-0.15, -0.1) is 0 Å². The van der Waals surface area contributed by atoms with Gasteiger partial charge < -0.3 is 9.47 Å². The summed E-state index contributed by atoms with van der Waals surface area (Å²) in [6.07, 6.45) is 0.550. The lowest BCUT2D eigenvalue weighted by Gasteiger charge is -2.23. The zero-order valence-corrected chi connectivity index (χ0v) is 14.1. The SMILES string of the molecule is COC[C@@H]1C[C@H](OC)CN1S(=O)(=O)c1cccc2ccccc12. The Kier molecular flexibility index (Phi) is 4.68. The number of sulfonamides is 1. The second kappa shape index (κ2) is 6.57. The van der Waals surface area contributed by atoms with Crippen LogP contribution in [0.25, 0.3) is 10.8 Å². The molecule has 1 saturated heterocycles. The highest BCUT2D eigenvalue weighted by atomic mass is 32.2. The lowest BCUT2D eigenvalue weighted by Crippen LogP contribution is -2.38. The van der Waals surface area contributed by atoms with E-state index in [0.29, 0.717) is 24.5 Å². The van der Waals surface area contributed by atoms with Gasteiger partial charge in [0.15, 0.2) is 0 Å². The van der Waals surface area contributed by atoms with Gasteiger partial charge in [0.05, 0.1) is 23.6 Å². The minimum atomic E-state index is -3.61. The van der Waals surface area contributed by atoms with Crippen molar-refractivity contribution in [1.29, 1.82) is 0 Å². The summed E-state index contributed by atoms with van der Waals surface area (Å²) >= 11 is 0. The molecule has 2 aromatic carbocycles. The Bertz CT molecular complexity index is 785. The van der Waals surface area contributed by atoms with Gasteiger partial charge in [-0.1, -0.05) is 36.4 Å². The molecule has 0 spiro atoms. The number of benzene rings is 2. The summed E-state index contributed by atoms with van der Waals surface area (Å²) < 4.78 is 38.5. The standard InChI is InChI=1S/C17H21NO4S/c1-21-12-14-10-15(22-2)11-18(14)23(19,20)17-9-5-7-13-6-3-4-8-16(13)17/h3-9,14-15H,10-12H2,1-2H3/t14-,15-/m0/s1. The smallest absolute Gasteiger partial charge is 0.244 e. The van der Waals surface area contributed by atoms with Crippen molar-refractivity contribution in [3.63, 3.8) is 0 Å². The molecule has 0 bridgehead atoms. The van der Waals surface area contributed by atoms with Gasteiger partial charge in [-0.25, -0.2) is 8.42 Å². The zero-order valence-electron chi connectivity index (χ0n) is 13.3. The monoisotopic (exact) mass is 335 g/mol. The molecule has 3 rings (SSSR count). The molecule has 0 amide bonds. The van der Waals surface area contributed by atoms with Crippen molar-refractivity contribution >= 4 is 20.8 Å². The number of hydrogen-bond donors (Lipinski definition) is 0. The summed E-state index contributed by atoms with van der Waals surface area (Å²) in [6, 6.07) is 12.7. The Morgan fingerprint density at radius 3 is 2.61 bits per heavy atom. The third-order valence-electron chi connectivity index (χ3n) is 4.35. The number of ether oxygens (including phenoxy) is 2. The van der Waals surface area contributed by atoms with Crippen molar-refractivity contribution in [2.24, 2.45) is 0 Å². The van der Waals surface area contributed by atoms with E-state index >= 15 is 0 Å². The van der Waals surface area contributed by atoms with E-state index in [1.54, 1.807) is 26.4 Å².